The van der Waals surface area contributed by atoms with E-state index in [4.69, 9.17) is 0 Å². The lowest BCUT2D eigenvalue weighted by Gasteiger charge is -2.15. The Kier molecular flexibility index (Phi) is 4.43. The second-order valence-corrected chi connectivity index (χ2v) is 7.44. The van der Waals surface area contributed by atoms with Crippen LogP contribution < -0.4 is 0 Å². The summed E-state index contributed by atoms with van der Waals surface area (Å²) >= 11 is 0. The average molecular weight is 373 g/mol. The highest BCUT2D eigenvalue weighted by Crippen LogP contribution is 2.24. The molecule has 0 spiro atoms. The molecule has 26 heavy (non-hydrogen) atoms. The number of hydrogen-bond acceptors (Lipinski definition) is 6. The summed E-state index contributed by atoms with van der Waals surface area (Å²) in [5, 5.41) is 19.0. The summed E-state index contributed by atoms with van der Waals surface area (Å²) in [5.74, 6) is 0. The largest absolute Gasteiger partial charge is 0.279 e. The van der Waals surface area contributed by atoms with Gasteiger partial charge in [-0.1, -0.05) is 12.1 Å². The van der Waals surface area contributed by atoms with Crippen molar-refractivity contribution in [1.82, 2.24) is 14.0 Å². The van der Waals surface area contributed by atoms with Gasteiger partial charge in [0.15, 0.2) is 0 Å². The fourth-order valence-electron chi connectivity index (χ4n) is 2.38. The van der Waals surface area contributed by atoms with E-state index in [1.54, 1.807) is 23.8 Å². The van der Waals surface area contributed by atoms with Gasteiger partial charge in [-0.05, 0) is 24.6 Å². The third kappa shape index (κ3) is 3.14. The van der Waals surface area contributed by atoms with Crippen molar-refractivity contribution in [2.75, 3.05) is 7.05 Å². The van der Waals surface area contributed by atoms with Crippen molar-refractivity contribution >= 4 is 27.4 Å². The van der Waals surface area contributed by atoms with Gasteiger partial charge in [-0.3, -0.25) is 10.1 Å². The van der Waals surface area contributed by atoms with Gasteiger partial charge in [0.2, 0.25) is 0 Å². The first-order valence-electron chi connectivity index (χ1n) is 7.51. The van der Waals surface area contributed by atoms with E-state index in [1.165, 1.54) is 25.4 Å². The Morgan fingerprint density at radius 1 is 1.31 bits per heavy atom. The van der Waals surface area contributed by atoms with Gasteiger partial charge in [0.05, 0.1) is 27.7 Å². The van der Waals surface area contributed by atoms with Gasteiger partial charge in [0.1, 0.15) is 0 Å². The van der Waals surface area contributed by atoms with Gasteiger partial charge in [-0.15, -0.1) is 0 Å². The molecule has 2 heterocycles. The number of hydrazone groups is 1. The number of hydrogen-bond donors (Lipinski definition) is 0. The zero-order chi connectivity index (χ0) is 18.9. The van der Waals surface area contributed by atoms with Crippen molar-refractivity contribution in [3.8, 4) is 0 Å². The molecule has 0 aliphatic rings. The molecule has 0 radical (unpaired) electrons. The average Bonchev–Trinajstić information content (AvgIpc) is 3.02. The Morgan fingerprint density at radius 2 is 2.08 bits per heavy atom. The zero-order valence-electron chi connectivity index (χ0n) is 14.0. The van der Waals surface area contributed by atoms with Crippen molar-refractivity contribution in [1.29, 1.82) is 0 Å². The number of nitro benzene ring substituents is 1. The van der Waals surface area contributed by atoms with Crippen LogP contribution in [-0.4, -0.2) is 40.6 Å². The number of rotatable bonds is 5. The highest BCUT2D eigenvalue weighted by molar-refractivity contribution is 7.89. The molecule has 10 heteroatoms. The van der Waals surface area contributed by atoms with Gasteiger partial charge in [-0.25, -0.2) is 4.52 Å². The third-order valence-electron chi connectivity index (χ3n) is 3.82. The first-order valence-corrected chi connectivity index (χ1v) is 8.95. The normalized spacial score (nSPS) is 11.9. The topological polar surface area (TPSA) is 110 Å². The van der Waals surface area contributed by atoms with Crippen molar-refractivity contribution in [3.05, 3.63) is 70.0 Å². The van der Waals surface area contributed by atoms with Crippen LogP contribution in [0.4, 0.5) is 5.69 Å². The molecule has 0 aliphatic heterocycles. The summed E-state index contributed by atoms with van der Waals surface area (Å²) in [4.78, 5) is 10.1. The quantitative estimate of drug-likeness (QED) is 0.387. The first-order chi connectivity index (χ1) is 12.3. The zero-order valence-corrected chi connectivity index (χ0v) is 14.8. The number of pyridine rings is 1. The molecule has 1 aromatic carbocycles. The molecular weight excluding hydrogens is 358 g/mol. The monoisotopic (exact) mass is 373 g/mol. The number of fused-ring (bicyclic) bond motifs is 1. The SMILES string of the molecule is Cc1ccc([N+](=O)[O-])cc1S(=O)(=O)N(C)/N=C\c1cnn2ccccc12. The maximum absolute atomic E-state index is 12.7. The third-order valence-corrected chi connectivity index (χ3v) is 5.61. The van der Waals surface area contributed by atoms with Gasteiger partial charge >= 0.3 is 0 Å². The Morgan fingerprint density at radius 3 is 2.81 bits per heavy atom. The summed E-state index contributed by atoms with van der Waals surface area (Å²) in [7, 11) is -2.75. The molecule has 0 amide bonds. The lowest BCUT2D eigenvalue weighted by atomic mass is 10.2. The summed E-state index contributed by atoms with van der Waals surface area (Å²) in [6, 6.07) is 9.17. The smallest absolute Gasteiger partial charge is 0.258 e. The molecular formula is C16H15N5O4S. The highest BCUT2D eigenvalue weighted by Gasteiger charge is 2.24. The van der Waals surface area contributed by atoms with E-state index in [0.717, 1.165) is 16.0 Å². The number of nitrogens with zero attached hydrogens (tertiary/aromatic N) is 5. The predicted molar refractivity (Wildman–Crippen MR) is 95.6 cm³/mol. The molecule has 0 atom stereocenters. The van der Waals surface area contributed by atoms with Crippen LogP contribution in [-0.2, 0) is 10.0 Å². The Bertz CT molecular complexity index is 1120. The standard InChI is InChI=1S/C16H15N5O4S/c1-12-6-7-14(21(22)23)9-16(12)26(24,25)19(2)17-10-13-11-18-20-8-4-3-5-15(13)20/h3-11H,1-2H3/b17-10-. The summed E-state index contributed by atoms with van der Waals surface area (Å²) < 4.78 is 27.9. The molecule has 0 N–H and O–H groups in total. The highest BCUT2D eigenvalue weighted by atomic mass is 32.2. The molecule has 0 saturated heterocycles. The maximum Gasteiger partial charge on any atom is 0.279 e. The lowest BCUT2D eigenvalue weighted by molar-refractivity contribution is -0.385. The van der Waals surface area contributed by atoms with Crippen LogP contribution in [0.2, 0.25) is 0 Å². The van der Waals surface area contributed by atoms with Crippen LogP contribution in [0.1, 0.15) is 11.1 Å². The Labute approximate surface area is 149 Å². The van der Waals surface area contributed by atoms with E-state index in [1.807, 2.05) is 18.2 Å². The molecule has 134 valence electrons. The molecule has 3 aromatic rings. The van der Waals surface area contributed by atoms with Crippen molar-refractivity contribution in [2.24, 2.45) is 5.10 Å². The van der Waals surface area contributed by atoms with Crippen LogP contribution in [0, 0.1) is 17.0 Å². The molecule has 3 rings (SSSR count). The van der Waals surface area contributed by atoms with E-state index in [0.29, 0.717) is 11.1 Å². The summed E-state index contributed by atoms with van der Waals surface area (Å²) in [6.45, 7) is 1.57. The minimum Gasteiger partial charge on any atom is -0.258 e. The van der Waals surface area contributed by atoms with Crippen LogP contribution in [0.3, 0.4) is 0 Å². The van der Waals surface area contributed by atoms with Crippen molar-refractivity contribution in [2.45, 2.75) is 11.8 Å². The molecule has 0 fully saturated rings. The first kappa shape index (κ1) is 17.5. The van der Waals surface area contributed by atoms with Gasteiger partial charge in [0.25, 0.3) is 15.7 Å². The summed E-state index contributed by atoms with van der Waals surface area (Å²) in [6.07, 6.45) is 4.71. The number of non-ortho nitro benzene ring substituents is 1. The van der Waals surface area contributed by atoms with E-state index >= 15 is 0 Å². The van der Waals surface area contributed by atoms with Gasteiger partial charge in [0, 0.05) is 30.9 Å². The van der Waals surface area contributed by atoms with Gasteiger partial charge in [-0.2, -0.15) is 23.0 Å². The fraction of sp³-hybridized carbons (Fsp3) is 0.125. The Hall–Kier alpha value is -3.27. The molecule has 2 aromatic heterocycles. The molecule has 0 bridgehead atoms. The molecule has 0 saturated carbocycles. The second kappa shape index (κ2) is 6.56. The number of sulfonamides is 1. The predicted octanol–water partition coefficient (Wildman–Crippen LogP) is 2.21. The Balaban J connectivity index is 1.95. The minimum atomic E-state index is -4.03. The molecule has 9 nitrogen and oxygen atoms in total. The summed E-state index contributed by atoms with van der Waals surface area (Å²) in [5.41, 5.74) is 1.51. The van der Waals surface area contributed by atoms with Gasteiger partial charge < -0.3 is 0 Å². The number of benzene rings is 1. The van der Waals surface area contributed by atoms with Crippen molar-refractivity contribution < 1.29 is 13.3 Å². The maximum atomic E-state index is 12.7. The molecule has 0 aliphatic carbocycles. The van der Waals surface area contributed by atoms with E-state index in [2.05, 4.69) is 10.2 Å². The number of nitro groups is 1. The van der Waals surface area contributed by atoms with Crippen LogP contribution in [0.15, 0.2) is 58.8 Å². The van der Waals surface area contributed by atoms with Crippen molar-refractivity contribution in [3.63, 3.8) is 0 Å². The number of aryl methyl sites for hydroxylation is 1. The van der Waals surface area contributed by atoms with E-state index < -0.39 is 14.9 Å². The lowest BCUT2D eigenvalue weighted by Crippen LogP contribution is -2.22. The van der Waals surface area contributed by atoms with Crippen LogP contribution >= 0.6 is 0 Å². The minimum absolute atomic E-state index is 0.161. The second-order valence-electron chi connectivity index (χ2n) is 5.52. The number of aromatic nitrogens is 2. The van der Waals surface area contributed by atoms with Crippen LogP contribution in [0.5, 0.6) is 0 Å². The van der Waals surface area contributed by atoms with E-state index in [9.17, 15) is 18.5 Å². The molecule has 0 unspecified atom stereocenters. The van der Waals surface area contributed by atoms with Crippen LogP contribution in [0.25, 0.3) is 5.52 Å². The fourth-order valence-corrected chi connectivity index (χ4v) is 3.58. The van der Waals surface area contributed by atoms with E-state index in [-0.39, 0.29) is 10.6 Å².